The number of hydrogen-bond donors (Lipinski definition) is 1. The van der Waals surface area contributed by atoms with Crippen LogP contribution in [0.2, 0.25) is 0 Å². The lowest BCUT2D eigenvalue weighted by Gasteiger charge is -2.08. The van der Waals surface area contributed by atoms with Crippen LogP contribution in [-0.2, 0) is 0 Å². The lowest BCUT2D eigenvalue weighted by Crippen LogP contribution is -2.03. The Kier molecular flexibility index (Phi) is 3.06. The first-order chi connectivity index (χ1) is 10.1. The molecular weight excluding hydrogens is 273 g/mol. The topological polar surface area (TPSA) is 76.0 Å². The van der Waals surface area contributed by atoms with Crippen LogP contribution in [0.15, 0.2) is 36.7 Å². The van der Waals surface area contributed by atoms with Crippen molar-refractivity contribution in [3.63, 3.8) is 0 Å². The van der Waals surface area contributed by atoms with Gasteiger partial charge in [0.15, 0.2) is 0 Å². The number of pyridine rings is 1. The van der Waals surface area contributed by atoms with Crippen LogP contribution >= 0.6 is 0 Å². The lowest BCUT2D eigenvalue weighted by atomic mass is 10.1. The Morgan fingerprint density at radius 2 is 2.00 bits per heavy atom. The van der Waals surface area contributed by atoms with Gasteiger partial charge in [-0.2, -0.15) is 0 Å². The summed E-state index contributed by atoms with van der Waals surface area (Å²) in [7, 11) is 0. The third kappa shape index (κ3) is 2.20. The van der Waals surface area contributed by atoms with Gasteiger partial charge >= 0.3 is 5.97 Å². The summed E-state index contributed by atoms with van der Waals surface area (Å²) in [6, 6.07) is 5.62. The van der Waals surface area contributed by atoms with E-state index < -0.39 is 11.8 Å². The van der Waals surface area contributed by atoms with Crippen molar-refractivity contribution in [2.45, 2.75) is 6.92 Å². The van der Waals surface area contributed by atoms with Gasteiger partial charge in [-0.15, -0.1) is 0 Å². The fourth-order valence-electron chi connectivity index (χ4n) is 2.17. The predicted octanol–water partition coefficient (Wildman–Crippen LogP) is 2.84. The Balaban J connectivity index is 2.38. The number of carbonyl (C=O) groups is 1. The second kappa shape index (κ2) is 4.90. The van der Waals surface area contributed by atoms with Crippen molar-refractivity contribution in [1.29, 1.82) is 0 Å². The number of aryl methyl sites for hydroxylation is 1. The third-order valence-electron chi connectivity index (χ3n) is 3.14. The monoisotopic (exact) mass is 283 g/mol. The third-order valence-corrected chi connectivity index (χ3v) is 3.14. The first-order valence-electron chi connectivity index (χ1n) is 6.18. The summed E-state index contributed by atoms with van der Waals surface area (Å²) in [6.45, 7) is 1.73. The summed E-state index contributed by atoms with van der Waals surface area (Å²) in [4.78, 5) is 23.9. The summed E-state index contributed by atoms with van der Waals surface area (Å²) >= 11 is 0. The van der Waals surface area contributed by atoms with Crippen LogP contribution in [0.25, 0.3) is 22.3 Å². The van der Waals surface area contributed by atoms with E-state index in [2.05, 4.69) is 15.0 Å². The number of rotatable bonds is 2. The normalized spacial score (nSPS) is 10.8. The largest absolute Gasteiger partial charge is 0.478 e. The Labute approximate surface area is 119 Å². The van der Waals surface area contributed by atoms with Gasteiger partial charge in [0.25, 0.3) is 0 Å². The smallest absolute Gasteiger partial charge is 0.336 e. The van der Waals surface area contributed by atoms with E-state index in [4.69, 9.17) is 0 Å². The number of carboxylic acids is 1. The molecule has 2 heterocycles. The molecule has 1 N–H and O–H groups in total. The molecule has 3 aromatic rings. The molecule has 5 nitrogen and oxygen atoms in total. The van der Waals surface area contributed by atoms with Crippen molar-refractivity contribution in [2.24, 2.45) is 0 Å². The van der Waals surface area contributed by atoms with Crippen molar-refractivity contribution >= 4 is 16.9 Å². The molecule has 0 bridgehead atoms. The molecule has 0 aliphatic carbocycles. The highest BCUT2D eigenvalue weighted by Gasteiger charge is 2.16. The number of nitrogens with zero attached hydrogens (tertiary/aromatic N) is 3. The van der Waals surface area contributed by atoms with Gasteiger partial charge in [0.05, 0.1) is 17.0 Å². The Morgan fingerprint density at radius 3 is 2.71 bits per heavy atom. The molecule has 0 radical (unpaired) electrons. The molecule has 0 unspecified atom stereocenters. The molecule has 0 aliphatic rings. The highest BCUT2D eigenvalue weighted by atomic mass is 19.1. The summed E-state index contributed by atoms with van der Waals surface area (Å²) in [5.41, 5.74) is 1.31. The predicted molar refractivity (Wildman–Crippen MR) is 74.4 cm³/mol. The Hall–Kier alpha value is -2.89. The zero-order chi connectivity index (χ0) is 15.0. The van der Waals surface area contributed by atoms with Crippen molar-refractivity contribution in [3.05, 3.63) is 53.7 Å². The molecule has 0 fully saturated rings. The molecule has 2 aromatic heterocycles. The molecule has 1 aromatic carbocycles. The van der Waals surface area contributed by atoms with Crippen LogP contribution in [0.1, 0.15) is 16.1 Å². The minimum atomic E-state index is -1.14. The molecular formula is C15H10FN3O2. The SMILES string of the molecule is Cc1nccnc1-c1cc(C(=O)O)c2cccc(F)c2n1. The molecule has 0 saturated heterocycles. The van der Waals surface area contributed by atoms with E-state index in [1.807, 2.05) is 0 Å². The number of carboxylic acid groups (broad SMARTS) is 1. The zero-order valence-corrected chi connectivity index (χ0v) is 11.0. The van der Waals surface area contributed by atoms with Crippen molar-refractivity contribution < 1.29 is 14.3 Å². The number of benzene rings is 1. The first kappa shape index (κ1) is 13.1. The second-order valence-corrected chi connectivity index (χ2v) is 4.49. The molecule has 6 heteroatoms. The van der Waals surface area contributed by atoms with Crippen LogP contribution in [-0.4, -0.2) is 26.0 Å². The fourth-order valence-corrected chi connectivity index (χ4v) is 2.17. The number of hydrogen-bond acceptors (Lipinski definition) is 4. The number of halogens is 1. The van der Waals surface area contributed by atoms with Gasteiger partial charge in [-0.1, -0.05) is 12.1 Å². The maximum atomic E-state index is 13.9. The molecule has 21 heavy (non-hydrogen) atoms. The van der Waals surface area contributed by atoms with Crippen molar-refractivity contribution in [1.82, 2.24) is 15.0 Å². The summed E-state index contributed by atoms with van der Waals surface area (Å²) in [5, 5.41) is 9.59. The van der Waals surface area contributed by atoms with E-state index in [9.17, 15) is 14.3 Å². The van der Waals surface area contributed by atoms with Gasteiger partial charge < -0.3 is 5.11 Å². The average Bonchev–Trinajstić information content (AvgIpc) is 2.47. The molecule has 0 spiro atoms. The van der Waals surface area contributed by atoms with Gasteiger partial charge in [-0.05, 0) is 19.1 Å². The maximum absolute atomic E-state index is 13.9. The van der Waals surface area contributed by atoms with Crippen LogP contribution < -0.4 is 0 Å². The molecule has 104 valence electrons. The number of aromatic carboxylic acids is 1. The minimum Gasteiger partial charge on any atom is -0.478 e. The van der Waals surface area contributed by atoms with Crippen molar-refractivity contribution in [3.8, 4) is 11.4 Å². The fraction of sp³-hybridized carbons (Fsp3) is 0.0667. The molecule has 0 aliphatic heterocycles. The summed E-state index contributed by atoms with van der Waals surface area (Å²) < 4.78 is 13.9. The van der Waals surface area contributed by atoms with Crippen molar-refractivity contribution in [2.75, 3.05) is 0 Å². The minimum absolute atomic E-state index is 0.0115. The van der Waals surface area contributed by atoms with Gasteiger partial charge in [0.2, 0.25) is 0 Å². The molecule has 3 rings (SSSR count). The van der Waals surface area contributed by atoms with Crippen LogP contribution in [0.4, 0.5) is 4.39 Å². The van der Waals surface area contributed by atoms with Crippen LogP contribution in [0, 0.1) is 12.7 Å². The molecule has 0 saturated carbocycles. The van der Waals surface area contributed by atoms with Gasteiger partial charge in [-0.25, -0.2) is 14.2 Å². The van der Waals surface area contributed by atoms with E-state index >= 15 is 0 Å². The van der Waals surface area contributed by atoms with Gasteiger partial charge in [0.1, 0.15) is 17.0 Å². The summed E-state index contributed by atoms with van der Waals surface area (Å²) in [6.07, 6.45) is 3.01. The lowest BCUT2D eigenvalue weighted by molar-refractivity contribution is 0.0699. The van der Waals surface area contributed by atoms with E-state index in [0.29, 0.717) is 11.4 Å². The number of para-hydroxylation sites is 1. The van der Waals surface area contributed by atoms with E-state index in [-0.39, 0.29) is 22.2 Å². The Morgan fingerprint density at radius 1 is 1.24 bits per heavy atom. The quantitative estimate of drug-likeness (QED) is 0.782. The first-order valence-corrected chi connectivity index (χ1v) is 6.18. The van der Waals surface area contributed by atoms with Gasteiger partial charge in [-0.3, -0.25) is 9.97 Å². The molecule has 0 amide bonds. The maximum Gasteiger partial charge on any atom is 0.336 e. The standard InChI is InChI=1S/C15H10FN3O2/c1-8-13(18-6-5-17-8)12-7-10(15(20)21)9-3-2-4-11(16)14(9)19-12/h2-7H,1H3,(H,20,21). The number of aromatic nitrogens is 3. The van der Waals surface area contributed by atoms with E-state index in [1.165, 1.54) is 36.7 Å². The van der Waals surface area contributed by atoms with E-state index in [0.717, 1.165) is 0 Å². The average molecular weight is 283 g/mol. The highest BCUT2D eigenvalue weighted by molar-refractivity contribution is 6.03. The van der Waals surface area contributed by atoms with Crippen LogP contribution in [0.5, 0.6) is 0 Å². The van der Waals surface area contributed by atoms with Gasteiger partial charge in [0, 0.05) is 17.8 Å². The Bertz CT molecular complexity index is 865. The molecule has 0 atom stereocenters. The zero-order valence-electron chi connectivity index (χ0n) is 11.0. The highest BCUT2D eigenvalue weighted by Crippen LogP contribution is 2.26. The van der Waals surface area contributed by atoms with E-state index in [1.54, 1.807) is 6.92 Å². The number of fused-ring (bicyclic) bond motifs is 1. The van der Waals surface area contributed by atoms with Crippen LogP contribution in [0.3, 0.4) is 0 Å². The second-order valence-electron chi connectivity index (χ2n) is 4.49. The summed E-state index contributed by atoms with van der Waals surface area (Å²) in [5.74, 6) is -1.71.